The van der Waals surface area contributed by atoms with Gasteiger partial charge in [0.2, 0.25) is 0 Å². The summed E-state index contributed by atoms with van der Waals surface area (Å²) in [5.41, 5.74) is 7.55. The molecule has 4 rings (SSSR count). The number of nitrogens with two attached hydrogens (primary N) is 1. The Labute approximate surface area is 161 Å². The molecule has 0 amide bonds. The first kappa shape index (κ1) is 17.7. The van der Waals surface area contributed by atoms with Gasteiger partial charge in [-0.05, 0) is 30.5 Å². The van der Waals surface area contributed by atoms with E-state index in [-0.39, 0.29) is 40.0 Å². The van der Waals surface area contributed by atoms with Crippen LogP contribution in [0.5, 0.6) is 0 Å². The zero-order valence-corrected chi connectivity index (χ0v) is 15.4. The van der Waals surface area contributed by atoms with E-state index in [2.05, 4.69) is 5.32 Å². The summed E-state index contributed by atoms with van der Waals surface area (Å²) in [4.78, 5) is 38.2. The van der Waals surface area contributed by atoms with E-state index in [1.165, 1.54) is 12.5 Å². The van der Waals surface area contributed by atoms with Gasteiger partial charge >= 0.3 is 0 Å². The number of ketones is 2. The summed E-state index contributed by atoms with van der Waals surface area (Å²) < 4.78 is 0. The van der Waals surface area contributed by atoms with Gasteiger partial charge in [-0.15, -0.1) is 0 Å². The third-order valence-corrected chi connectivity index (χ3v) is 5.62. The molecule has 138 valence electrons. The molecule has 2 aromatic rings. The molecule has 0 aromatic heterocycles. The van der Waals surface area contributed by atoms with Gasteiger partial charge in [-0.1, -0.05) is 43.5 Å². The Balaban J connectivity index is 1.92. The van der Waals surface area contributed by atoms with Crippen LogP contribution in [0.1, 0.15) is 74.3 Å². The van der Waals surface area contributed by atoms with Crippen molar-refractivity contribution >= 4 is 39.8 Å². The summed E-state index contributed by atoms with van der Waals surface area (Å²) in [6, 6.07) is 8.36. The Morgan fingerprint density at radius 1 is 1.00 bits per heavy atom. The van der Waals surface area contributed by atoms with Crippen LogP contribution in [0.3, 0.4) is 0 Å². The molecule has 0 radical (unpaired) electrons. The van der Waals surface area contributed by atoms with E-state index >= 15 is 0 Å². The monoisotopic (exact) mass is 382 g/mol. The number of carbonyl (C=O) groups is 3. The molecule has 2 aromatic carbocycles. The number of halogens is 1. The minimum absolute atomic E-state index is 0.0351. The number of carbonyl (C=O) groups excluding carboxylic acids is 3. The third-order valence-electron chi connectivity index (χ3n) is 5.41. The maximum atomic E-state index is 13.2. The van der Waals surface area contributed by atoms with Crippen molar-refractivity contribution in [1.29, 1.82) is 0 Å². The highest BCUT2D eigenvalue weighted by Gasteiger charge is 2.35. The van der Waals surface area contributed by atoms with Crippen molar-refractivity contribution in [3.8, 4) is 0 Å². The van der Waals surface area contributed by atoms with Gasteiger partial charge in [0.25, 0.3) is 5.24 Å². The molecule has 3 N–H and O–H groups in total. The summed E-state index contributed by atoms with van der Waals surface area (Å²) in [7, 11) is 0. The molecule has 0 heterocycles. The maximum Gasteiger partial charge on any atom is 0.254 e. The van der Waals surface area contributed by atoms with E-state index in [1.807, 2.05) is 0 Å². The highest BCUT2D eigenvalue weighted by atomic mass is 35.5. The maximum absolute atomic E-state index is 13.2. The number of hydrogen-bond acceptors (Lipinski definition) is 5. The summed E-state index contributed by atoms with van der Waals surface area (Å²) in [5.74, 6) is -0.622. The Kier molecular flexibility index (Phi) is 4.48. The third kappa shape index (κ3) is 2.92. The highest BCUT2D eigenvalue weighted by Crippen LogP contribution is 2.39. The summed E-state index contributed by atoms with van der Waals surface area (Å²) in [6.45, 7) is 0. The highest BCUT2D eigenvalue weighted by molar-refractivity contribution is 6.68. The second-order valence-corrected chi connectivity index (χ2v) is 7.44. The van der Waals surface area contributed by atoms with Crippen LogP contribution in [0.4, 0.5) is 11.4 Å². The summed E-state index contributed by atoms with van der Waals surface area (Å²) in [6.07, 6.45) is 5.34. The van der Waals surface area contributed by atoms with Crippen molar-refractivity contribution in [3.63, 3.8) is 0 Å². The fourth-order valence-corrected chi connectivity index (χ4v) is 4.22. The number of benzene rings is 2. The average Bonchev–Trinajstić information content (AvgIpc) is 2.67. The lowest BCUT2D eigenvalue weighted by Crippen LogP contribution is -2.28. The van der Waals surface area contributed by atoms with Crippen LogP contribution in [-0.4, -0.2) is 22.9 Å². The predicted octanol–water partition coefficient (Wildman–Crippen LogP) is 4.17. The van der Waals surface area contributed by atoms with Crippen LogP contribution >= 0.6 is 11.6 Å². The van der Waals surface area contributed by atoms with Crippen LogP contribution < -0.4 is 11.1 Å². The smallest absolute Gasteiger partial charge is 0.254 e. The molecule has 2 aliphatic rings. The first-order chi connectivity index (χ1) is 13.0. The number of rotatable bonds is 3. The molecule has 1 saturated carbocycles. The van der Waals surface area contributed by atoms with E-state index in [0.29, 0.717) is 16.8 Å². The quantitative estimate of drug-likeness (QED) is 0.524. The summed E-state index contributed by atoms with van der Waals surface area (Å²) >= 11 is 5.71. The first-order valence-electron chi connectivity index (χ1n) is 9.10. The lowest BCUT2D eigenvalue weighted by atomic mass is 9.81. The van der Waals surface area contributed by atoms with Crippen molar-refractivity contribution < 1.29 is 14.4 Å². The lowest BCUT2D eigenvalue weighted by molar-refractivity contribution is 0.0980. The molecule has 5 nitrogen and oxygen atoms in total. The zero-order chi connectivity index (χ0) is 19.1. The molecule has 0 spiro atoms. The molecule has 1 fully saturated rings. The van der Waals surface area contributed by atoms with Crippen molar-refractivity contribution in [2.24, 2.45) is 0 Å². The second kappa shape index (κ2) is 6.82. The SMILES string of the molecule is Nc1c(C(=O)Cl)cc(NC2CCCCC2)c2c1C(=O)c1ccccc1C2=O. The topological polar surface area (TPSA) is 89.3 Å². The molecule has 0 bridgehead atoms. The summed E-state index contributed by atoms with van der Waals surface area (Å²) in [5, 5.41) is 2.62. The molecule has 0 aliphatic heterocycles. The molecule has 0 saturated heterocycles. The normalized spacial score (nSPS) is 16.6. The van der Waals surface area contributed by atoms with Crippen LogP contribution in [0.25, 0.3) is 0 Å². The fourth-order valence-electron chi connectivity index (χ4n) is 4.06. The molecule has 6 heteroatoms. The standard InChI is InChI=1S/C21H19ClN2O3/c22-21(27)14-10-15(24-11-6-2-1-3-7-11)16-17(18(14)23)20(26)13-9-5-4-8-12(13)19(16)25/h4-5,8-11,24H,1-3,6-7,23H2. The van der Waals surface area contributed by atoms with Crippen LogP contribution in [0.15, 0.2) is 30.3 Å². The fraction of sp³-hybridized carbons (Fsp3) is 0.286. The Bertz CT molecular complexity index is 978. The van der Waals surface area contributed by atoms with Crippen LogP contribution in [0, 0.1) is 0 Å². The van der Waals surface area contributed by atoms with Crippen molar-refractivity contribution in [2.75, 3.05) is 11.1 Å². The van der Waals surface area contributed by atoms with Crippen molar-refractivity contribution in [1.82, 2.24) is 0 Å². The number of fused-ring (bicyclic) bond motifs is 2. The van der Waals surface area contributed by atoms with E-state index < -0.39 is 5.24 Å². The number of nitrogen functional groups attached to an aromatic ring is 1. The van der Waals surface area contributed by atoms with Gasteiger partial charge in [-0.25, -0.2) is 0 Å². The largest absolute Gasteiger partial charge is 0.397 e. The van der Waals surface area contributed by atoms with Gasteiger partial charge in [0.15, 0.2) is 11.6 Å². The van der Waals surface area contributed by atoms with E-state index in [9.17, 15) is 14.4 Å². The molecule has 0 unspecified atom stereocenters. The van der Waals surface area contributed by atoms with E-state index in [1.54, 1.807) is 24.3 Å². The first-order valence-corrected chi connectivity index (χ1v) is 9.48. The van der Waals surface area contributed by atoms with E-state index in [4.69, 9.17) is 17.3 Å². The second-order valence-electron chi connectivity index (χ2n) is 7.09. The molecule has 0 atom stereocenters. The number of anilines is 2. The zero-order valence-electron chi connectivity index (χ0n) is 14.7. The van der Waals surface area contributed by atoms with Gasteiger partial charge < -0.3 is 11.1 Å². The molecular formula is C21H19ClN2O3. The minimum Gasteiger partial charge on any atom is -0.397 e. The van der Waals surface area contributed by atoms with Crippen molar-refractivity contribution in [3.05, 3.63) is 58.1 Å². The minimum atomic E-state index is -0.749. The Morgan fingerprint density at radius 3 is 2.19 bits per heavy atom. The number of nitrogens with one attached hydrogen (secondary N) is 1. The molecule has 2 aliphatic carbocycles. The Morgan fingerprint density at radius 2 is 1.59 bits per heavy atom. The average molecular weight is 383 g/mol. The van der Waals surface area contributed by atoms with Crippen LogP contribution in [-0.2, 0) is 0 Å². The van der Waals surface area contributed by atoms with Gasteiger partial charge in [-0.3, -0.25) is 14.4 Å². The van der Waals surface area contributed by atoms with Crippen LogP contribution in [0.2, 0.25) is 0 Å². The number of hydrogen-bond donors (Lipinski definition) is 2. The lowest BCUT2D eigenvalue weighted by Gasteiger charge is -2.28. The van der Waals surface area contributed by atoms with Crippen molar-refractivity contribution in [2.45, 2.75) is 38.1 Å². The Hall–Kier alpha value is -2.66. The molecular weight excluding hydrogens is 364 g/mol. The van der Waals surface area contributed by atoms with Gasteiger partial charge in [0, 0.05) is 22.9 Å². The molecule has 27 heavy (non-hydrogen) atoms. The van der Waals surface area contributed by atoms with Gasteiger partial charge in [-0.2, -0.15) is 0 Å². The van der Waals surface area contributed by atoms with E-state index in [0.717, 1.165) is 25.7 Å². The predicted molar refractivity (Wildman–Crippen MR) is 105 cm³/mol. The van der Waals surface area contributed by atoms with Gasteiger partial charge in [0.1, 0.15) is 0 Å². The van der Waals surface area contributed by atoms with Gasteiger partial charge in [0.05, 0.1) is 22.4 Å².